The van der Waals surface area contributed by atoms with E-state index in [-0.39, 0.29) is 6.04 Å². The number of guanidine groups is 1. The molecule has 1 unspecified atom stereocenters. The van der Waals surface area contributed by atoms with Crippen LogP contribution in [0.15, 0.2) is 34.6 Å². The van der Waals surface area contributed by atoms with Crippen molar-refractivity contribution in [2.24, 2.45) is 4.99 Å². The first kappa shape index (κ1) is 20.2. The van der Waals surface area contributed by atoms with Gasteiger partial charge in [-0.25, -0.2) is 9.98 Å². The van der Waals surface area contributed by atoms with Crippen LogP contribution in [0.25, 0.3) is 0 Å². The van der Waals surface area contributed by atoms with E-state index < -0.39 is 11.7 Å². The van der Waals surface area contributed by atoms with Crippen LogP contribution < -0.4 is 10.6 Å². The van der Waals surface area contributed by atoms with E-state index in [4.69, 9.17) is 0 Å². The van der Waals surface area contributed by atoms with E-state index in [9.17, 15) is 13.2 Å². The lowest BCUT2D eigenvalue weighted by Gasteiger charge is -2.19. The molecule has 0 saturated heterocycles. The largest absolute Gasteiger partial charge is 0.416 e. The van der Waals surface area contributed by atoms with Crippen molar-refractivity contribution in [3.05, 3.63) is 51.5 Å². The summed E-state index contributed by atoms with van der Waals surface area (Å²) in [4.78, 5) is 8.95. The number of nitrogens with one attached hydrogen (secondary N) is 2. The highest BCUT2D eigenvalue weighted by atomic mass is 32.1. The van der Waals surface area contributed by atoms with E-state index in [1.165, 1.54) is 6.07 Å². The van der Waals surface area contributed by atoms with Gasteiger partial charge in [-0.15, -0.1) is 11.3 Å². The van der Waals surface area contributed by atoms with Gasteiger partial charge in [-0.05, 0) is 38.0 Å². The van der Waals surface area contributed by atoms with Crippen LogP contribution in [-0.2, 0) is 19.1 Å². The minimum Gasteiger partial charge on any atom is -0.357 e. The number of hydrogen-bond acceptors (Lipinski definition) is 3. The molecule has 2 N–H and O–H groups in total. The highest BCUT2D eigenvalue weighted by Gasteiger charge is 2.30. The summed E-state index contributed by atoms with van der Waals surface area (Å²) in [5, 5.41) is 9.30. The summed E-state index contributed by atoms with van der Waals surface area (Å²) in [7, 11) is 0. The van der Waals surface area contributed by atoms with Crippen LogP contribution in [0.1, 0.15) is 48.6 Å². The third kappa shape index (κ3) is 5.72. The fraction of sp³-hybridized carbons (Fsp3) is 0.444. The highest BCUT2D eigenvalue weighted by molar-refractivity contribution is 7.09. The van der Waals surface area contributed by atoms with Crippen LogP contribution in [0.4, 0.5) is 13.2 Å². The van der Waals surface area contributed by atoms with E-state index in [2.05, 4.69) is 20.6 Å². The highest BCUT2D eigenvalue weighted by Crippen LogP contribution is 2.30. The predicted molar refractivity (Wildman–Crippen MR) is 99.3 cm³/mol. The Hall–Kier alpha value is -2.09. The smallest absolute Gasteiger partial charge is 0.357 e. The summed E-state index contributed by atoms with van der Waals surface area (Å²) >= 11 is 1.60. The maximum absolute atomic E-state index is 12.9. The van der Waals surface area contributed by atoms with Gasteiger partial charge < -0.3 is 10.6 Å². The quantitative estimate of drug-likeness (QED) is 0.568. The molecule has 8 heteroatoms. The average molecular weight is 384 g/mol. The Balaban J connectivity index is 2.09. The van der Waals surface area contributed by atoms with Crippen molar-refractivity contribution in [1.82, 2.24) is 15.6 Å². The number of aromatic nitrogens is 1. The van der Waals surface area contributed by atoms with Gasteiger partial charge in [0.05, 0.1) is 28.9 Å². The van der Waals surface area contributed by atoms with Gasteiger partial charge in [-0.1, -0.05) is 19.1 Å². The van der Waals surface area contributed by atoms with Crippen molar-refractivity contribution in [3.8, 4) is 0 Å². The van der Waals surface area contributed by atoms with Gasteiger partial charge >= 0.3 is 6.18 Å². The number of hydrogen-bond donors (Lipinski definition) is 2. The molecule has 142 valence electrons. The number of alkyl halides is 3. The molecule has 0 spiro atoms. The SMILES string of the molecule is CCNC(=NCc1csc(CC)n1)NC(C)c1cccc(C(F)(F)F)c1. The monoisotopic (exact) mass is 384 g/mol. The molecule has 0 saturated carbocycles. The molecule has 0 aliphatic rings. The maximum Gasteiger partial charge on any atom is 0.416 e. The van der Waals surface area contributed by atoms with Crippen molar-refractivity contribution in [2.75, 3.05) is 6.54 Å². The minimum atomic E-state index is -4.35. The molecule has 0 amide bonds. The van der Waals surface area contributed by atoms with Gasteiger partial charge in [-0.3, -0.25) is 0 Å². The molecular formula is C18H23F3N4S. The molecule has 0 aliphatic carbocycles. The predicted octanol–water partition coefficient (Wildman–Crippen LogP) is 4.54. The van der Waals surface area contributed by atoms with E-state index in [0.29, 0.717) is 24.6 Å². The second kappa shape index (κ2) is 9.02. The summed E-state index contributed by atoms with van der Waals surface area (Å²) in [5.41, 5.74) is 0.781. The topological polar surface area (TPSA) is 49.3 Å². The lowest BCUT2D eigenvalue weighted by molar-refractivity contribution is -0.137. The first-order valence-electron chi connectivity index (χ1n) is 8.48. The number of aliphatic imine (C=N–C) groups is 1. The molecule has 1 atom stereocenters. The number of benzene rings is 1. The maximum atomic E-state index is 12.9. The second-order valence-electron chi connectivity index (χ2n) is 5.77. The van der Waals surface area contributed by atoms with Crippen LogP contribution in [0.5, 0.6) is 0 Å². The molecule has 1 heterocycles. The summed E-state index contributed by atoms with van der Waals surface area (Å²) in [5.74, 6) is 0.545. The van der Waals surface area contributed by atoms with Crippen molar-refractivity contribution in [3.63, 3.8) is 0 Å². The normalized spacial score (nSPS) is 13.5. The Bertz CT molecular complexity index is 740. The van der Waals surface area contributed by atoms with Gasteiger partial charge in [0.15, 0.2) is 5.96 Å². The molecule has 0 bridgehead atoms. The number of nitrogens with zero attached hydrogens (tertiary/aromatic N) is 2. The Morgan fingerprint density at radius 1 is 1.31 bits per heavy atom. The Labute approximate surface area is 155 Å². The van der Waals surface area contributed by atoms with Gasteiger partial charge in [0.25, 0.3) is 0 Å². The Kier molecular flexibility index (Phi) is 7.02. The average Bonchev–Trinajstić information content (AvgIpc) is 3.07. The molecular weight excluding hydrogens is 361 g/mol. The molecule has 4 nitrogen and oxygen atoms in total. The summed E-state index contributed by atoms with van der Waals surface area (Å²) in [6, 6.07) is 5.00. The number of halogens is 3. The standard InChI is InChI=1S/C18H23F3N4S/c1-4-16-25-15(11-26-16)10-23-17(22-5-2)24-12(3)13-7-6-8-14(9-13)18(19,20)21/h6-9,11-12H,4-5,10H2,1-3H3,(H2,22,23,24). The molecule has 2 rings (SSSR count). The van der Waals surface area contributed by atoms with Gasteiger partial charge in [0.1, 0.15) is 0 Å². The van der Waals surface area contributed by atoms with Crippen molar-refractivity contribution in [1.29, 1.82) is 0 Å². The molecule has 2 aromatic rings. The van der Waals surface area contributed by atoms with Gasteiger partial charge in [0.2, 0.25) is 0 Å². The second-order valence-corrected chi connectivity index (χ2v) is 6.71. The van der Waals surface area contributed by atoms with E-state index in [0.717, 1.165) is 29.3 Å². The first-order chi connectivity index (χ1) is 12.3. The Morgan fingerprint density at radius 2 is 2.08 bits per heavy atom. The van der Waals surface area contributed by atoms with Crippen LogP contribution in [0, 0.1) is 0 Å². The van der Waals surface area contributed by atoms with Crippen LogP contribution >= 0.6 is 11.3 Å². The zero-order chi connectivity index (χ0) is 19.2. The van der Waals surface area contributed by atoms with Crippen molar-refractivity contribution in [2.45, 2.75) is 46.0 Å². The zero-order valence-electron chi connectivity index (χ0n) is 15.0. The fourth-order valence-electron chi connectivity index (χ4n) is 2.34. The molecule has 1 aromatic carbocycles. The first-order valence-corrected chi connectivity index (χ1v) is 9.36. The van der Waals surface area contributed by atoms with E-state index >= 15 is 0 Å². The third-order valence-electron chi connectivity index (χ3n) is 3.71. The van der Waals surface area contributed by atoms with Crippen molar-refractivity contribution >= 4 is 17.3 Å². The molecule has 26 heavy (non-hydrogen) atoms. The Morgan fingerprint density at radius 3 is 2.69 bits per heavy atom. The minimum absolute atomic E-state index is 0.322. The summed E-state index contributed by atoms with van der Waals surface area (Å²) in [6.07, 6.45) is -3.46. The fourth-order valence-corrected chi connectivity index (χ4v) is 3.07. The van der Waals surface area contributed by atoms with E-state index in [1.807, 2.05) is 19.2 Å². The lowest BCUT2D eigenvalue weighted by atomic mass is 10.1. The zero-order valence-corrected chi connectivity index (χ0v) is 15.8. The number of aryl methyl sites for hydroxylation is 1. The van der Waals surface area contributed by atoms with Crippen LogP contribution in [-0.4, -0.2) is 17.5 Å². The summed E-state index contributed by atoms with van der Waals surface area (Å²) < 4.78 is 38.7. The van der Waals surface area contributed by atoms with Gasteiger partial charge in [-0.2, -0.15) is 13.2 Å². The number of rotatable bonds is 6. The van der Waals surface area contributed by atoms with Crippen LogP contribution in [0.3, 0.4) is 0 Å². The van der Waals surface area contributed by atoms with Crippen LogP contribution in [0.2, 0.25) is 0 Å². The number of thiazole rings is 1. The molecule has 0 fully saturated rings. The molecule has 1 aromatic heterocycles. The van der Waals surface area contributed by atoms with Gasteiger partial charge in [0, 0.05) is 11.9 Å². The lowest BCUT2D eigenvalue weighted by Crippen LogP contribution is -2.38. The molecule has 0 radical (unpaired) electrons. The molecule has 0 aliphatic heterocycles. The third-order valence-corrected chi connectivity index (χ3v) is 4.75. The van der Waals surface area contributed by atoms with E-state index in [1.54, 1.807) is 24.3 Å². The summed E-state index contributed by atoms with van der Waals surface area (Å²) in [6.45, 7) is 6.86. The van der Waals surface area contributed by atoms with Crippen molar-refractivity contribution < 1.29 is 13.2 Å².